The molecular weight excluding hydrogens is 232 g/mol. The lowest BCUT2D eigenvalue weighted by Gasteiger charge is -2.35. The zero-order valence-corrected chi connectivity index (χ0v) is 11.4. The van der Waals surface area contributed by atoms with Gasteiger partial charge in [-0.2, -0.15) is 0 Å². The molecule has 1 aliphatic rings. The van der Waals surface area contributed by atoms with Gasteiger partial charge in [0.2, 0.25) is 5.79 Å². The molecule has 2 unspecified atom stereocenters. The van der Waals surface area contributed by atoms with Crippen molar-refractivity contribution in [3.05, 3.63) is 0 Å². The summed E-state index contributed by atoms with van der Waals surface area (Å²) >= 11 is 0. The number of aliphatic hydroxyl groups is 2. The summed E-state index contributed by atoms with van der Waals surface area (Å²) in [5.74, 6) is -2.03. The van der Waals surface area contributed by atoms with Gasteiger partial charge in [0.05, 0.1) is 0 Å². The fraction of sp³-hybridized carbons (Fsp3) is 0.929. The van der Waals surface area contributed by atoms with E-state index in [0.717, 1.165) is 32.1 Å². The molecule has 0 radical (unpaired) electrons. The standard InChI is InChI=1S/C14H26O4/c1-2-3-4-5-6-10-13(16)18-14(17)11-8-7-9-12(14)15/h12,15,17H,2-11H2,1H3. The van der Waals surface area contributed by atoms with E-state index in [1.54, 1.807) is 0 Å². The summed E-state index contributed by atoms with van der Waals surface area (Å²) in [6.45, 7) is 2.15. The first-order valence-electron chi connectivity index (χ1n) is 7.21. The number of carbonyl (C=O) groups excluding carboxylic acids is 1. The number of esters is 1. The molecule has 4 nitrogen and oxygen atoms in total. The van der Waals surface area contributed by atoms with Gasteiger partial charge in [0.25, 0.3) is 0 Å². The maximum atomic E-state index is 11.6. The minimum atomic E-state index is -1.64. The topological polar surface area (TPSA) is 66.8 Å². The maximum Gasteiger partial charge on any atom is 0.308 e. The van der Waals surface area contributed by atoms with Crippen molar-refractivity contribution in [3.63, 3.8) is 0 Å². The number of hydrogen-bond acceptors (Lipinski definition) is 4. The molecule has 0 heterocycles. The first-order chi connectivity index (χ1) is 8.58. The van der Waals surface area contributed by atoms with Crippen LogP contribution in [0.5, 0.6) is 0 Å². The molecule has 0 amide bonds. The molecule has 1 rings (SSSR count). The third-order valence-electron chi connectivity index (χ3n) is 3.56. The molecule has 0 saturated heterocycles. The number of carbonyl (C=O) groups is 1. The van der Waals surface area contributed by atoms with Gasteiger partial charge in [0.15, 0.2) is 0 Å². The fourth-order valence-electron chi connectivity index (χ4n) is 2.35. The Morgan fingerprint density at radius 1 is 1.28 bits per heavy atom. The van der Waals surface area contributed by atoms with E-state index in [0.29, 0.717) is 19.3 Å². The normalized spacial score (nSPS) is 28.1. The van der Waals surface area contributed by atoms with Gasteiger partial charge in [-0.3, -0.25) is 4.79 Å². The molecule has 2 atom stereocenters. The Bertz CT molecular complexity index is 254. The van der Waals surface area contributed by atoms with E-state index in [1.165, 1.54) is 12.8 Å². The molecule has 0 aromatic rings. The van der Waals surface area contributed by atoms with Crippen LogP contribution < -0.4 is 0 Å². The monoisotopic (exact) mass is 258 g/mol. The third kappa shape index (κ3) is 4.94. The molecule has 0 aromatic heterocycles. The van der Waals surface area contributed by atoms with Crippen LogP contribution in [0.2, 0.25) is 0 Å². The van der Waals surface area contributed by atoms with Gasteiger partial charge in [0, 0.05) is 12.8 Å². The highest BCUT2D eigenvalue weighted by atomic mass is 16.7. The first kappa shape index (κ1) is 15.4. The molecule has 1 fully saturated rings. The summed E-state index contributed by atoms with van der Waals surface area (Å²) in [7, 11) is 0. The van der Waals surface area contributed by atoms with Crippen LogP contribution in [-0.2, 0) is 9.53 Å². The quantitative estimate of drug-likeness (QED) is 0.418. The van der Waals surface area contributed by atoms with Gasteiger partial charge in [-0.05, 0) is 19.3 Å². The second-order valence-corrected chi connectivity index (χ2v) is 5.24. The summed E-state index contributed by atoms with van der Waals surface area (Å²) < 4.78 is 5.06. The summed E-state index contributed by atoms with van der Waals surface area (Å²) in [6.07, 6.45) is 7.22. The highest BCUT2D eigenvalue weighted by Gasteiger charge is 2.41. The van der Waals surface area contributed by atoms with E-state index in [-0.39, 0.29) is 0 Å². The van der Waals surface area contributed by atoms with E-state index < -0.39 is 17.9 Å². The molecule has 1 saturated carbocycles. The van der Waals surface area contributed by atoms with Gasteiger partial charge >= 0.3 is 5.97 Å². The maximum absolute atomic E-state index is 11.6. The number of unbranched alkanes of at least 4 members (excludes halogenated alkanes) is 4. The average Bonchev–Trinajstić information content (AvgIpc) is 2.33. The highest BCUT2D eigenvalue weighted by Crippen LogP contribution is 2.30. The van der Waals surface area contributed by atoms with Crippen molar-refractivity contribution < 1.29 is 19.7 Å². The summed E-state index contributed by atoms with van der Waals surface area (Å²) in [4.78, 5) is 11.6. The molecule has 106 valence electrons. The highest BCUT2D eigenvalue weighted by molar-refractivity contribution is 5.69. The smallest absolute Gasteiger partial charge is 0.308 e. The summed E-state index contributed by atoms with van der Waals surface area (Å²) in [5.41, 5.74) is 0. The Morgan fingerprint density at radius 3 is 2.67 bits per heavy atom. The zero-order valence-electron chi connectivity index (χ0n) is 11.4. The van der Waals surface area contributed by atoms with Crippen molar-refractivity contribution in [2.24, 2.45) is 0 Å². The van der Waals surface area contributed by atoms with Crippen molar-refractivity contribution >= 4 is 5.97 Å². The van der Waals surface area contributed by atoms with Gasteiger partial charge in [-0.15, -0.1) is 0 Å². The van der Waals surface area contributed by atoms with Crippen LogP contribution >= 0.6 is 0 Å². The van der Waals surface area contributed by atoms with Crippen molar-refractivity contribution in [2.45, 2.75) is 83.0 Å². The first-order valence-corrected chi connectivity index (χ1v) is 7.21. The van der Waals surface area contributed by atoms with Crippen LogP contribution in [0.4, 0.5) is 0 Å². The lowest BCUT2D eigenvalue weighted by atomic mass is 9.91. The molecule has 2 N–H and O–H groups in total. The van der Waals surface area contributed by atoms with E-state index in [4.69, 9.17) is 4.74 Å². The summed E-state index contributed by atoms with van der Waals surface area (Å²) in [6, 6.07) is 0. The van der Waals surface area contributed by atoms with Gasteiger partial charge in [-0.25, -0.2) is 0 Å². The predicted octanol–water partition coefficient (Wildman–Crippen LogP) is 2.51. The number of hydrogen-bond donors (Lipinski definition) is 2. The number of aliphatic hydroxyl groups excluding tert-OH is 1. The second kappa shape index (κ2) is 7.74. The lowest BCUT2D eigenvalue weighted by molar-refractivity contribution is -0.259. The molecule has 0 aliphatic heterocycles. The molecule has 0 bridgehead atoms. The van der Waals surface area contributed by atoms with Crippen LogP contribution in [0.3, 0.4) is 0 Å². The largest absolute Gasteiger partial charge is 0.430 e. The minimum absolute atomic E-state index is 0.332. The predicted molar refractivity (Wildman–Crippen MR) is 68.9 cm³/mol. The second-order valence-electron chi connectivity index (χ2n) is 5.24. The fourth-order valence-corrected chi connectivity index (χ4v) is 2.35. The minimum Gasteiger partial charge on any atom is -0.430 e. The Morgan fingerprint density at radius 2 is 2.00 bits per heavy atom. The molecular formula is C14H26O4. The number of rotatable bonds is 7. The summed E-state index contributed by atoms with van der Waals surface area (Å²) in [5, 5.41) is 19.7. The van der Waals surface area contributed by atoms with Crippen LogP contribution in [0.1, 0.15) is 71.1 Å². The van der Waals surface area contributed by atoms with Crippen molar-refractivity contribution in [3.8, 4) is 0 Å². The molecule has 4 heteroatoms. The molecule has 1 aliphatic carbocycles. The average molecular weight is 258 g/mol. The molecule has 0 spiro atoms. The van der Waals surface area contributed by atoms with E-state index >= 15 is 0 Å². The van der Waals surface area contributed by atoms with E-state index in [2.05, 4.69) is 6.92 Å². The Labute approximate surface area is 109 Å². The van der Waals surface area contributed by atoms with Crippen molar-refractivity contribution in [2.75, 3.05) is 0 Å². The van der Waals surface area contributed by atoms with Gasteiger partial charge in [0.1, 0.15) is 6.10 Å². The Kier molecular flexibility index (Phi) is 6.65. The zero-order chi connectivity index (χ0) is 13.4. The van der Waals surface area contributed by atoms with E-state index in [1.807, 2.05) is 0 Å². The van der Waals surface area contributed by atoms with Gasteiger partial charge in [-0.1, -0.05) is 39.0 Å². The van der Waals surface area contributed by atoms with Crippen molar-refractivity contribution in [1.82, 2.24) is 0 Å². The van der Waals surface area contributed by atoms with Crippen molar-refractivity contribution in [1.29, 1.82) is 0 Å². The third-order valence-corrected chi connectivity index (χ3v) is 3.56. The number of ether oxygens (including phenoxy) is 1. The Balaban J connectivity index is 2.22. The Hall–Kier alpha value is -0.610. The SMILES string of the molecule is CCCCCCCC(=O)OC1(O)CCCCC1O. The van der Waals surface area contributed by atoms with Crippen LogP contribution in [-0.4, -0.2) is 28.1 Å². The van der Waals surface area contributed by atoms with Crippen LogP contribution in [0.25, 0.3) is 0 Å². The molecule has 18 heavy (non-hydrogen) atoms. The molecule has 0 aromatic carbocycles. The van der Waals surface area contributed by atoms with Crippen LogP contribution in [0.15, 0.2) is 0 Å². The van der Waals surface area contributed by atoms with Gasteiger partial charge < -0.3 is 14.9 Å². The van der Waals surface area contributed by atoms with Crippen LogP contribution in [0, 0.1) is 0 Å². The van der Waals surface area contributed by atoms with E-state index in [9.17, 15) is 15.0 Å². The lowest BCUT2D eigenvalue weighted by Crippen LogP contribution is -2.48.